The normalized spacial score (nSPS) is 17.7. The lowest BCUT2D eigenvalue weighted by Gasteiger charge is -2.06. The second-order valence-electron chi connectivity index (χ2n) is 6.03. The van der Waals surface area contributed by atoms with Crippen LogP contribution in [0.2, 0.25) is 10.0 Å². The van der Waals surface area contributed by atoms with E-state index >= 15 is 0 Å². The van der Waals surface area contributed by atoms with Gasteiger partial charge in [0, 0.05) is 10.6 Å². The van der Waals surface area contributed by atoms with E-state index in [4.69, 9.17) is 27.9 Å². The summed E-state index contributed by atoms with van der Waals surface area (Å²) in [6.07, 6.45) is 2.01. The van der Waals surface area contributed by atoms with Crippen LogP contribution in [0.3, 0.4) is 0 Å². The number of halogens is 2. The predicted molar refractivity (Wildman–Crippen MR) is 117 cm³/mol. The maximum absolute atomic E-state index is 12.2. The van der Waals surface area contributed by atoms with E-state index in [1.807, 2.05) is 12.1 Å². The number of hydrogen-bond donors (Lipinski definition) is 1. The molecule has 0 aromatic heterocycles. The molecule has 1 aliphatic rings. The second-order valence-corrected chi connectivity index (χ2v) is 8.07. The molecule has 2 aromatic rings. The zero-order valence-electron chi connectivity index (χ0n) is 15.4. The molecule has 29 heavy (non-hydrogen) atoms. The van der Waals surface area contributed by atoms with E-state index in [-0.39, 0.29) is 17.1 Å². The summed E-state index contributed by atoms with van der Waals surface area (Å²) in [4.78, 5) is 23.9. The Morgan fingerprint density at radius 3 is 2.69 bits per heavy atom. The largest absolute Gasteiger partial charge is 0.462 e. The topological polar surface area (TPSA) is 80.1 Å². The Bertz CT molecular complexity index is 977. The van der Waals surface area contributed by atoms with Crippen LogP contribution in [0.5, 0.6) is 0 Å². The molecular formula is C20H17Cl2N3O3S. The molecule has 1 aliphatic heterocycles. The number of benzene rings is 2. The monoisotopic (exact) mass is 449 g/mol. The number of ether oxygens (including phenoxy) is 1. The van der Waals surface area contributed by atoms with Gasteiger partial charge in [0.05, 0.1) is 28.7 Å². The molecule has 1 saturated heterocycles. The zero-order chi connectivity index (χ0) is 20.8. The molecule has 6 nitrogen and oxygen atoms in total. The summed E-state index contributed by atoms with van der Waals surface area (Å²) in [6.45, 7) is 2.09. The number of nitrogens with one attached hydrogen (secondary N) is 1. The molecule has 0 aliphatic carbocycles. The van der Waals surface area contributed by atoms with E-state index in [0.717, 1.165) is 5.56 Å². The fourth-order valence-corrected chi connectivity index (χ4v) is 3.96. The average molecular weight is 450 g/mol. The summed E-state index contributed by atoms with van der Waals surface area (Å²) < 4.78 is 4.96. The molecule has 0 saturated carbocycles. The second kappa shape index (κ2) is 9.91. The molecule has 1 N–H and O–H groups in total. The highest BCUT2D eigenvalue weighted by Gasteiger charge is 2.30. The molecule has 0 unspecified atom stereocenters. The third-order valence-electron chi connectivity index (χ3n) is 3.97. The lowest BCUT2D eigenvalue weighted by molar-refractivity contribution is -0.118. The molecule has 9 heteroatoms. The number of rotatable bonds is 6. The number of esters is 1. The van der Waals surface area contributed by atoms with Gasteiger partial charge in [0.1, 0.15) is 0 Å². The Kier molecular flexibility index (Phi) is 7.30. The number of amides is 1. The Morgan fingerprint density at radius 2 is 2.00 bits per heavy atom. The first-order chi connectivity index (χ1) is 14.0. The van der Waals surface area contributed by atoms with E-state index in [1.165, 1.54) is 18.0 Å². The predicted octanol–water partition coefficient (Wildman–Crippen LogP) is 4.33. The van der Waals surface area contributed by atoms with Crippen LogP contribution in [0, 0.1) is 0 Å². The molecule has 1 heterocycles. The summed E-state index contributed by atoms with van der Waals surface area (Å²) in [5.41, 5.74) is 2.09. The summed E-state index contributed by atoms with van der Waals surface area (Å²) in [5.74, 6) is -0.497. The summed E-state index contributed by atoms with van der Waals surface area (Å²) in [6, 6.07) is 12.1. The average Bonchev–Trinajstić information content (AvgIpc) is 3.03. The van der Waals surface area contributed by atoms with E-state index in [2.05, 4.69) is 15.5 Å². The van der Waals surface area contributed by atoms with Gasteiger partial charge < -0.3 is 10.1 Å². The molecule has 0 radical (unpaired) electrons. The smallest absolute Gasteiger partial charge is 0.338 e. The first kappa shape index (κ1) is 21.4. The summed E-state index contributed by atoms with van der Waals surface area (Å²) >= 11 is 13.2. The van der Waals surface area contributed by atoms with Crippen LogP contribution in [0.15, 0.2) is 52.7 Å². The van der Waals surface area contributed by atoms with Crippen molar-refractivity contribution in [2.24, 2.45) is 10.2 Å². The Hall–Kier alpha value is -2.35. The van der Waals surface area contributed by atoms with Gasteiger partial charge in [-0.3, -0.25) is 4.79 Å². The number of hydrogen-bond acceptors (Lipinski definition) is 6. The van der Waals surface area contributed by atoms with Gasteiger partial charge in [-0.15, -0.1) is 5.10 Å². The third-order valence-corrected chi connectivity index (χ3v) is 5.61. The van der Waals surface area contributed by atoms with Crippen molar-refractivity contribution in [3.8, 4) is 0 Å². The highest BCUT2D eigenvalue weighted by molar-refractivity contribution is 8.15. The van der Waals surface area contributed by atoms with Gasteiger partial charge in [0.2, 0.25) is 5.91 Å². The lowest BCUT2D eigenvalue weighted by atomic mass is 10.1. The van der Waals surface area contributed by atoms with Crippen molar-refractivity contribution in [2.75, 3.05) is 6.61 Å². The van der Waals surface area contributed by atoms with Gasteiger partial charge in [0.15, 0.2) is 5.17 Å². The van der Waals surface area contributed by atoms with Crippen LogP contribution in [-0.4, -0.2) is 35.1 Å². The maximum Gasteiger partial charge on any atom is 0.338 e. The van der Waals surface area contributed by atoms with Crippen LogP contribution >= 0.6 is 35.0 Å². The SMILES string of the molecule is CCOC(=O)c1ccc(C[C@@H]2S/C(=N/N=C\c3ccc(Cl)cc3Cl)NC2=O)cc1. The minimum absolute atomic E-state index is 0.136. The molecule has 1 amide bonds. The van der Waals surface area contributed by atoms with Crippen LogP contribution in [0.1, 0.15) is 28.4 Å². The summed E-state index contributed by atoms with van der Waals surface area (Å²) in [7, 11) is 0. The number of carbonyl (C=O) groups is 2. The first-order valence-corrected chi connectivity index (χ1v) is 10.4. The highest BCUT2D eigenvalue weighted by Crippen LogP contribution is 2.24. The van der Waals surface area contributed by atoms with Gasteiger partial charge in [-0.05, 0) is 43.2 Å². The minimum Gasteiger partial charge on any atom is -0.462 e. The minimum atomic E-state index is -0.361. The van der Waals surface area contributed by atoms with Gasteiger partial charge in [-0.2, -0.15) is 5.10 Å². The van der Waals surface area contributed by atoms with Crippen molar-refractivity contribution in [3.05, 3.63) is 69.2 Å². The van der Waals surface area contributed by atoms with Crippen molar-refractivity contribution >= 4 is 58.2 Å². The van der Waals surface area contributed by atoms with Crippen LogP contribution in [0.4, 0.5) is 0 Å². The molecule has 1 atom stereocenters. The van der Waals surface area contributed by atoms with Gasteiger partial charge in [-0.1, -0.05) is 53.2 Å². The van der Waals surface area contributed by atoms with Crippen LogP contribution in [-0.2, 0) is 16.0 Å². The molecule has 150 valence electrons. The Morgan fingerprint density at radius 1 is 1.24 bits per heavy atom. The maximum atomic E-state index is 12.2. The molecule has 1 fully saturated rings. The number of carbonyl (C=O) groups excluding carboxylic acids is 2. The molecular weight excluding hydrogens is 433 g/mol. The quantitative estimate of drug-likeness (QED) is 0.404. The lowest BCUT2D eigenvalue weighted by Crippen LogP contribution is -2.25. The molecule has 3 rings (SSSR count). The third kappa shape index (κ3) is 5.82. The van der Waals surface area contributed by atoms with Gasteiger partial charge in [0.25, 0.3) is 0 Å². The number of amidine groups is 1. The number of thioether (sulfide) groups is 1. The Balaban J connectivity index is 1.60. The van der Waals surface area contributed by atoms with Gasteiger partial charge >= 0.3 is 5.97 Å². The van der Waals surface area contributed by atoms with Gasteiger partial charge in [-0.25, -0.2) is 4.79 Å². The fourth-order valence-electron chi connectivity index (χ4n) is 2.54. The van der Waals surface area contributed by atoms with E-state index in [9.17, 15) is 9.59 Å². The van der Waals surface area contributed by atoms with Crippen LogP contribution < -0.4 is 5.32 Å². The number of nitrogens with zero attached hydrogens (tertiary/aromatic N) is 2. The molecule has 0 spiro atoms. The van der Waals surface area contributed by atoms with Crippen LogP contribution in [0.25, 0.3) is 0 Å². The van der Waals surface area contributed by atoms with E-state index < -0.39 is 0 Å². The molecule has 2 aromatic carbocycles. The Labute approximate surface area is 182 Å². The van der Waals surface area contributed by atoms with E-state index in [1.54, 1.807) is 37.3 Å². The van der Waals surface area contributed by atoms with Crippen molar-refractivity contribution < 1.29 is 14.3 Å². The highest BCUT2D eigenvalue weighted by atomic mass is 35.5. The van der Waals surface area contributed by atoms with E-state index in [0.29, 0.717) is 39.4 Å². The van der Waals surface area contributed by atoms with Crippen molar-refractivity contribution in [1.29, 1.82) is 0 Å². The molecule has 0 bridgehead atoms. The fraction of sp³-hybridized carbons (Fsp3) is 0.200. The van der Waals surface area contributed by atoms with Crippen molar-refractivity contribution in [3.63, 3.8) is 0 Å². The van der Waals surface area contributed by atoms with Crippen molar-refractivity contribution in [2.45, 2.75) is 18.6 Å². The van der Waals surface area contributed by atoms with Crippen molar-refractivity contribution in [1.82, 2.24) is 5.32 Å². The zero-order valence-corrected chi connectivity index (χ0v) is 17.7. The standard InChI is InChI=1S/C20H17Cl2N3O3S/c1-2-28-19(27)13-5-3-12(4-6-13)9-17-18(26)24-20(29-17)25-23-11-14-7-8-15(21)10-16(14)22/h3-8,10-11,17H,2,9H2,1H3,(H,24,25,26)/b23-11-/t17-/m0/s1. The summed E-state index contributed by atoms with van der Waals surface area (Å²) in [5, 5.41) is 11.8. The first-order valence-electron chi connectivity index (χ1n) is 8.76.